The number of rotatable bonds is 6. The molecule has 1 aromatic rings. The first-order valence-electron chi connectivity index (χ1n) is 11.0. The van der Waals surface area contributed by atoms with Crippen LogP contribution in [0.1, 0.15) is 25.3 Å². The molecule has 10 heteroatoms. The number of nitrogens with one attached hydrogen (secondary N) is 1. The van der Waals surface area contributed by atoms with Gasteiger partial charge in [-0.3, -0.25) is 4.79 Å². The summed E-state index contributed by atoms with van der Waals surface area (Å²) in [6.45, 7) is 7.27. The van der Waals surface area contributed by atoms with Gasteiger partial charge in [0.05, 0.1) is 13.0 Å². The molecule has 0 saturated carbocycles. The second-order valence-electron chi connectivity index (χ2n) is 7.75. The monoisotopic (exact) mass is 468 g/mol. The zero-order valence-electron chi connectivity index (χ0n) is 19.4. The first-order chi connectivity index (χ1) is 16.4. The molecule has 1 fully saturated rings. The van der Waals surface area contributed by atoms with Crippen molar-refractivity contribution in [2.75, 3.05) is 38.3 Å². The van der Waals surface area contributed by atoms with Crippen LogP contribution in [0.3, 0.4) is 0 Å². The smallest absolute Gasteiger partial charge is 0.308 e. The molecule has 1 saturated heterocycles. The first-order valence-corrected chi connectivity index (χ1v) is 11.0. The standard InChI is InChI=1S/C24H29FN6O3/c1-4-19(22-26-9-5-8-21(34-3)29-15-30-22)20(25)11-16(2)18-12-27-24(28-13-18)31-10-6-7-17(14-31)23(32)33/h4-5,8,11-13,17H,2,6-7,9-10,14-15H2,1,3H3,(H,26,30)(H,32,33)/b8-5-,19-4+,20-11+,29-21+. The Labute approximate surface area is 198 Å². The molecule has 9 nitrogen and oxygen atoms in total. The molecule has 180 valence electrons. The zero-order valence-corrected chi connectivity index (χ0v) is 19.4. The maximum absolute atomic E-state index is 15.2. The number of carboxylic acids is 1. The highest BCUT2D eigenvalue weighted by Gasteiger charge is 2.26. The number of hydrogen-bond acceptors (Lipinski definition) is 8. The molecule has 0 bridgehead atoms. The summed E-state index contributed by atoms with van der Waals surface area (Å²) in [5.41, 5.74) is 1.24. The third-order valence-corrected chi connectivity index (χ3v) is 5.48. The lowest BCUT2D eigenvalue weighted by Crippen LogP contribution is -2.39. The van der Waals surface area contributed by atoms with Gasteiger partial charge in [0, 0.05) is 43.2 Å². The molecule has 1 unspecified atom stereocenters. The zero-order chi connectivity index (χ0) is 24.5. The van der Waals surface area contributed by atoms with Crippen LogP contribution < -0.4 is 10.2 Å². The van der Waals surface area contributed by atoms with E-state index in [0.29, 0.717) is 54.9 Å². The van der Waals surface area contributed by atoms with Gasteiger partial charge >= 0.3 is 5.97 Å². The molecule has 1 atom stereocenters. The number of nitrogens with zero attached hydrogens (tertiary/aromatic N) is 5. The van der Waals surface area contributed by atoms with Gasteiger partial charge in [-0.2, -0.15) is 0 Å². The lowest BCUT2D eigenvalue weighted by atomic mass is 9.99. The highest BCUT2D eigenvalue weighted by atomic mass is 19.1. The normalized spacial score (nSPS) is 23.7. The van der Waals surface area contributed by atoms with Crippen LogP contribution in [-0.2, 0) is 9.53 Å². The minimum absolute atomic E-state index is 0.0932. The molecule has 3 rings (SSSR count). The summed E-state index contributed by atoms with van der Waals surface area (Å²) < 4.78 is 20.3. The number of anilines is 1. The lowest BCUT2D eigenvalue weighted by Gasteiger charge is -2.30. The Morgan fingerprint density at radius 1 is 1.35 bits per heavy atom. The molecule has 2 aliphatic heterocycles. The summed E-state index contributed by atoms with van der Waals surface area (Å²) in [4.78, 5) is 30.4. The average molecular weight is 469 g/mol. The molecule has 3 heterocycles. The second-order valence-corrected chi connectivity index (χ2v) is 7.75. The molecule has 0 spiro atoms. The molecule has 2 N–H and O–H groups in total. The number of methoxy groups -OCH3 is 1. The highest BCUT2D eigenvalue weighted by Crippen LogP contribution is 2.23. The van der Waals surface area contributed by atoms with Crippen LogP contribution in [0.15, 0.2) is 64.7 Å². The van der Waals surface area contributed by atoms with Gasteiger partial charge in [-0.05, 0) is 37.5 Å². The number of carbonyl (C=O) groups is 1. The van der Waals surface area contributed by atoms with E-state index in [1.54, 1.807) is 31.5 Å². The van der Waals surface area contributed by atoms with E-state index in [-0.39, 0.29) is 12.2 Å². The number of piperidine rings is 1. The van der Waals surface area contributed by atoms with Crippen molar-refractivity contribution in [3.63, 3.8) is 0 Å². The highest BCUT2D eigenvalue weighted by molar-refractivity contribution is 6.02. The fourth-order valence-corrected chi connectivity index (χ4v) is 3.63. The minimum atomic E-state index is -0.809. The third kappa shape index (κ3) is 6.37. The summed E-state index contributed by atoms with van der Waals surface area (Å²) in [6, 6.07) is 0. The molecule has 0 amide bonds. The third-order valence-electron chi connectivity index (χ3n) is 5.48. The van der Waals surface area contributed by atoms with Gasteiger partial charge in [0.1, 0.15) is 18.3 Å². The Bertz CT molecular complexity index is 1060. The first kappa shape index (κ1) is 24.8. The number of halogens is 1. The number of carboxylic acid groups (broad SMARTS) is 1. The van der Waals surface area contributed by atoms with Crippen LogP contribution in [0.4, 0.5) is 10.3 Å². The SMILES string of the molecule is C=C(\C=C(F)/C(=C\C)C1=N/C/N=C(OC)\C=C/CN\1)c1cnc(N2CCCC(C(=O)O)C2)nc1. The van der Waals surface area contributed by atoms with E-state index in [9.17, 15) is 9.90 Å². The van der Waals surface area contributed by atoms with E-state index in [4.69, 9.17) is 4.74 Å². The summed E-state index contributed by atoms with van der Waals surface area (Å²) in [6.07, 6.45) is 11.0. The molecular weight excluding hydrogens is 439 g/mol. The van der Waals surface area contributed by atoms with Crippen LogP contribution in [0.5, 0.6) is 0 Å². The molecular formula is C24H29FN6O3. The number of hydrogen-bond donors (Lipinski definition) is 2. The number of allylic oxidation sites excluding steroid dienone is 3. The molecule has 0 radical (unpaired) electrons. The average Bonchev–Trinajstić information content (AvgIpc) is 2.97. The van der Waals surface area contributed by atoms with Crippen molar-refractivity contribution in [2.24, 2.45) is 15.9 Å². The van der Waals surface area contributed by atoms with Gasteiger partial charge in [0.25, 0.3) is 0 Å². The predicted molar refractivity (Wildman–Crippen MR) is 130 cm³/mol. The van der Waals surface area contributed by atoms with E-state index in [2.05, 4.69) is 31.8 Å². The molecule has 0 aromatic carbocycles. The van der Waals surface area contributed by atoms with E-state index >= 15 is 4.39 Å². The van der Waals surface area contributed by atoms with Crippen LogP contribution in [0, 0.1) is 5.92 Å². The number of aliphatic carboxylic acids is 1. The van der Waals surface area contributed by atoms with Gasteiger partial charge in [0.2, 0.25) is 11.8 Å². The van der Waals surface area contributed by atoms with Crippen LogP contribution >= 0.6 is 0 Å². The predicted octanol–water partition coefficient (Wildman–Crippen LogP) is 3.15. The van der Waals surface area contributed by atoms with E-state index < -0.39 is 17.7 Å². The summed E-state index contributed by atoms with van der Waals surface area (Å²) in [7, 11) is 1.53. The molecule has 2 aliphatic rings. The van der Waals surface area contributed by atoms with Crippen molar-refractivity contribution in [2.45, 2.75) is 19.8 Å². The van der Waals surface area contributed by atoms with Crippen molar-refractivity contribution >= 4 is 29.2 Å². The van der Waals surface area contributed by atoms with Crippen molar-refractivity contribution in [1.82, 2.24) is 15.3 Å². The second kappa shape index (κ2) is 11.9. The minimum Gasteiger partial charge on any atom is -0.481 e. The van der Waals surface area contributed by atoms with Crippen LogP contribution in [-0.4, -0.2) is 66.2 Å². The number of amidine groups is 1. The largest absolute Gasteiger partial charge is 0.481 e. The summed E-state index contributed by atoms with van der Waals surface area (Å²) in [5.74, 6) is -0.475. The fourth-order valence-electron chi connectivity index (χ4n) is 3.63. The number of ether oxygens (including phenoxy) is 1. The van der Waals surface area contributed by atoms with Crippen molar-refractivity contribution in [3.8, 4) is 0 Å². The quantitative estimate of drug-likeness (QED) is 0.617. The van der Waals surface area contributed by atoms with Crippen molar-refractivity contribution in [1.29, 1.82) is 0 Å². The molecule has 1 aromatic heterocycles. The Balaban J connectivity index is 1.72. The fraction of sp³-hybridized carbons (Fsp3) is 0.375. The Kier molecular flexibility index (Phi) is 8.66. The Hall–Kier alpha value is -3.82. The number of aromatic nitrogens is 2. The lowest BCUT2D eigenvalue weighted by molar-refractivity contribution is -0.141. The van der Waals surface area contributed by atoms with E-state index in [1.807, 2.05) is 11.0 Å². The van der Waals surface area contributed by atoms with Crippen LogP contribution in [0.2, 0.25) is 0 Å². The summed E-state index contributed by atoms with van der Waals surface area (Å²) >= 11 is 0. The number of aliphatic imine (C=N–C) groups is 2. The van der Waals surface area contributed by atoms with E-state index in [0.717, 1.165) is 6.42 Å². The Morgan fingerprint density at radius 3 is 2.79 bits per heavy atom. The topological polar surface area (TPSA) is 112 Å². The maximum atomic E-state index is 15.2. The maximum Gasteiger partial charge on any atom is 0.308 e. The van der Waals surface area contributed by atoms with Gasteiger partial charge < -0.3 is 20.1 Å². The van der Waals surface area contributed by atoms with Gasteiger partial charge in [-0.25, -0.2) is 24.3 Å². The van der Waals surface area contributed by atoms with Gasteiger partial charge in [-0.1, -0.05) is 18.7 Å². The van der Waals surface area contributed by atoms with Gasteiger partial charge in [0.15, 0.2) is 0 Å². The van der Waals surface area contributed by atoms with E-state index in [1.165, 1.54) is 13.2 Å². The van der Waals surface area contributed by atoms with Crippen molar-refractivity contribution < 1.29 is 19.0 Å². The van der Waals surface area contributed by atoms with Crippen molar-refractivity contribution in [3.05, 3.63) is 60.2 Å². The van der Waals surface area contributed by atoms with Crippen LogP contribution in [0.25, 0.3) is 5.57 Å². The molecule has 34 heavy (non-hydrogen) atoms. The molecule has 0 aliphatic carbocycles. The Morgan fingerprint density at radius 2 is 2.12 bits per heavy atom. The van der Waals surface area contributed by atoms with Gasteiger partial charge in [-0.15, -0.1) is 0 Å². The summed E-state index contributed by atoms with van der Waals surface area (Å²) in [5, 5.41) is 12.4.